The Hall–Kier alpha value is -1.07. The molecule has 3 fully saturated rings. The van der Waals surface area contributed by atoms with E-state index in [0.29, 0.717) is 0 Å². The van der Waals surface area contributed by atoms with Crippen LogP contribution in [0.2, 0.25) is 0 Å². The number of halogens is 2. The van der Waals surface area contributed by atoms with Gasteiger partial charge in [0.1, 0.15) is 5.58 Å². The van der Waals surface area contributed by atoms with E-state index in [1.807, 2.05) is 0 Å². The fourth-order valence-electron chi connectivity index (χ4n) is 5.85. The number of hydrogen-bond acceptors (Lipinski definition) is 4. The SMILES string of the molecule is CC(C)(C)c1ccc2c3c(c(=O)oc2c1)CN(CCN1CC2CCC(CC2)C1)CC3.Cl.Cl. The van der Waals surface area contributed by atoms with E-state index in [1.165, 1.54) is 49.9 Å². The zero-order chi connectivity index (χ0) is 20.9. The molecular formula is C26H38Cl2N2O2. The van der Waals surface area contributed by atoms with Crippen molar-refractivity contribution in [1.82, 2.24) is 9.80 Å². The summed E-state index contributed by atoms with van der Waals surface area (Å²) in [6.07, 6.45) is 6.68. The van der Waals surface area contributed by atoms with E-state index in [2.05, 4.69) is 48.8 Å². The lowest BCUT2D eigenvalue weighted by atomic mass is 9.84. The minimum absolute atomic E-state index is 0. The Bertz CT molecular complexity index is 976. The topological polar surface area (TPSA) is 36.7 Å². The Labute approximate surface area is 204 Å². The number of hydrogen-bond donors (Lipinski definition) is 0. The first kappa shape index (κ1) is 25.6. The molecule has 6 rings (SSSR count). The van der Waals surface area contributed by atoms with Crippen LogP contribution in [0.15, 0.2) is 27.4 Å². The van der Waals surface area contributed by atoms with E-state index in [9.17, 15) is 4.79 Å². The molecular weight excluding hydrogens is 443 g/mol. The second-order valence-corrected chi connectivity index (χ2v) is 11.0. The van der Waals surface area contributed by atoms with Crippen LogP contribution in [0.1, 0.15) is 63.1 Å². The Kier molecular flexibility index (Phi) is 8.02. The lowest BCUT2D eigenvalue weighted by Gasteiger charge is -2.31. The van der Waals surface area contributed by atoms with Gasteiger partial charge in [-0.1, -0.05) is 32.9 Å². The van der Waals surface area contributed by atoms with E-state index in [1.54, 1.807) is 0 Å². The normalized spacial score (nSPS) is 23.8. The molecule has 0 spiro atoms. The monoisotopic (exact) mass is 480 g/mol. The van der Waals surface area contributed by atoms with Crippen molar-refractivity contribution in [3.63, 3.8) is 0 Å². The molecule has 1 aliphatic carbocycles. The highest BCUT2D eigenvalue weighted by Crippen LogP contribution is 2.34. The molecule has 2 saturated heterocycles. The Morgan fingerprint density at radius 2 is 1.56 bits per heavy atom. The zero-order valence-electron chi connectivity index (χ0n) is 19.7. The van der Waals surface area contributed by atoms with Crippen LogP contribution in [-0.4, -0.2) is 42.5 Å². The minimum Gasteiger partial charge on any atom is -0.422 e. The van der Waals surface area contributed by atoms with E-state index >= 15 is 0 Å². The third-order valence-electron chi connectivity index (χ3n) is 7.78. The fourth-order valence-corrected chi connectivity index (χ4v) is 5.85. The van der Waals surface area contributed by atoms with Crippen molar-refractivity contribution in [2.75, 3.05) is 32.7 Å². The summed E-state index contributed by atoms with van der Waals surface area (Å²) < 4.78 is 5.80. The fraction of sp³-hybridized carbons (Fsp3) is 0.654. The molecule has 178 valence electrons. The van der Waals surface area contributed by atoms with Gasteiger partial charge in [0, 0.05) is 44.7 Å². The largest absolute Gasteiger partial charge is 0.422 e. The van der Waals surface area contributed by atoms with Gasteiger partial charge in [0.15, 0.2) is 0 Å². The molecule has 4 nitrogen and oxygen atoms in total. The van der Waals surface area contributed by atoms with Crippen LogP contribution in [0, 0.1) is 11.8 Å². The second-order valence-electron chi connectivity index (χ2n) is 11.0. The summed E-state index contributed by atoms with van der Waals surface area (Å²) in [5, 5.41) is 1.13. The number of rotatable bonds is 3. The number of nitrogens with zero attached hydrogens (tertiary/aromatic N) is 2. The highest BCUT2D eigenvalue weighted by molar-refractivity contribution is 5.85. The van der Waals surface area contributed by atoms with E-state index in [-0.39, 0.29) is 35.9 Å². The van der Waals surface area contributed by atoms with Gasteiger partial charge in [-0.3, -0.25) is 4.90 Å². The van der Waals surface area contributed by atoms with Crippen LogP contribution in [-0.2, 0) is 18.4 Å². The molecule has 2 bridgehead atoms. The molecule has 0 radical (unpaired) electrons. The summed E-state index contributed by atoms with van der Waals surface area (Å²) in [6.45, 7) is 13.1. The van der Waals surface area contributed by atoms with Crippen LogP contribution < -0.4 is 5.63 Å². The molecule has 1 saturated carbocycles. The van der Waals surface area contributed by atoms with Crippen molar-refractivity contribution in [2.45, 2.75) is 64.8 Å². The molecule has 0 atom stereocenters. The highest BCUT2D eigenvalue weighted by Gasteiger charge is 2.30. The third-order valence-corrected chi connectivity index (χ3v) is 7.78. The molecule has 4 aliphatic rings. The van der Waals surface area contributed by atoms with Crippen molar-refractivity contribution in [3.8, 4) is 0 Å². The zero-order valence-corrected chi connectivity index (χ0v) is 21.3. The Morgan fingerprint density at radius 3 is 2.19 bits per heavy atom. The molecule has 6 heteroatoms. The summed E-state index contributed by atoms with van der Waals surface area (Å²) in [7, 11) is 0. The predicted octanol–water partition coefficient (Wildman–Crippen LogP) is 5.41. The van der Waals surface area contributed by atoms with Gasteiger partial charge in [0.2, 0.25) is 0 Å². The third kappa shape index (κ3) is 5.19. The van der Waals surface area contributed by atoms with Gasteiger partial charge in [0.25, 0.3) is 0 Å². The van der Waals surface area contributed by atoms with Crippen LogP contribution in [0.25, 0.3) is 11.0 Å². The van der Waals surface area contributed by atoms with E-state index in [0.717, 1.165) is 61.0 Å². The summed E-state index contributed by atoms with van der Waals surface area (Å²) in [5.74, 6) is 1.84. The first-order chi connectivity index (χ1) is 14.4. The van der Waals surface area contributed by atoms with Crippen molar-refractivity contribution < 1.29 is 4.42 Å². The van der Waals surface area contributed by atoms with Crippen LogP contribution >= 0.6 is 24.8 Å². The highest BCUT2D eigenvalue weighted by atomic mass is 35.5. The maximum absolute atomic E-state index is 12.8. The van der Waals surface area contributed by atoms with Crippen LogP contribution in [0.5, 0.6) is 0 Å². The number of fused-ring (bicyclic) bond motifs is 7. The molecule has 1 aromatic heterocycles. The standard InChI is InChI=1S/C26H36N2O2.2ClH/c1-26(2,3)20-8-9-22-21-10-11-27(17-23(21)25(29)30-24(22)14-20)12-13-28-15-18-4-5-19(16-28)7-6-18;;/h8-9,14,18-19H,4-7,10-13,15-17H2,1-3H3;2*1H. The Balaban J connectivity index is 0.00000144. The Morgan fingerprint density at radius 1 is 0.938 bits per heavy atom. The molecule has 1 aromatic carbocycles. The van der Waals surface area contributed by atoms with Gasteiger partial charge in [-0.15, -0.1) is 24.8 Å². The van der Waals surface area contributed by atoms with Crippen molar-refractivity contribution in [2.24, 2.45) is 11.8 Å². The predicted molar refractivity (Wildman–Crippen MR) is 137 cm³/mol. The van der Waals surface area contributed by atoms with Gasteiger partial charge < -0.3 is 9.32 Å². The lowest BCUT2D eigenvalue weighted by molar-refractivity contribution is 0.182. The molecule has 2 aromatic rings. The first-order valence-electron chi connectivity index (χ1n) is 11.9. The van der Waals surface area contributed by atoms with Gasteiger partial charge in [0.05, 0.1) is 5.56 Å². The first-order valence-corrected chi connectivity index (χ1v) is 11.9. The van der Waals surface area contributed by atoms with Crippen LogP contribution in [0.3, 0.4) is 0 Å². The maximum atomic E-state index is 12.8. The summed E-state index contributed by atoms with van der Waals surface area (Å²) in [6, 6.07) is 6.43. The molecule has 32 heavy (non-hydrogen) atoms. The molecule has 0 amide bonds. The van der Waals surface area contributed by atoms with Gasteiger partial charge in [-0.25, -0.2) is 4.79 Å². The lowest BCUT2D eigenvalue weighted by Crippen LogP contribution is -2.40. The minimum atomic E-state index is -0.138. The average Bonchev–Trinajstić information content (AvgIpc) is 3.04. The van der Waals surface area contributed by atoms with Gasteiger partial charge in [-0.2, -0.15) is 0 Å². The quantitative estimate of drug-likeness (QED) is 0.549. The molecule has 0 N–H and O–H groups in total. The molecule has 0 unspecified atom stereocenters. The summed E-state index contributed by atoms with van der Waals surface area (Å²) in [4.78, 5) is 18.0. The summed E-state index contributed by atoms with van der Waals surface area (Å²) in [5.41, 5.74) is 3.97. The molecule has 3 aliphatic heterocycles. The second kappa shape index (κ2) is 10.0. The van der Waals surface area contributed by atoms with Crippen molar-refractivity contribution in [3.05, 3.63) is 45.3 Å². The van der Waals surface area contributed by atoms with E-state index < -0.39 is 0 Å². The number of benzene rings is 1. The van der Waals surface area contributed by atoms with E-state index in [4.69, 9.17) is 4.42 Å². The van der Waals surface area contributed by atoms with Gasteiger partial charge in [-0.05, 0) is 66.5 Å². The van der Waals surface area contributed by atoms with Crippen molar-refractivity contribution in [1.29, 1.82) is 0 Å². The van der Waals surface area contributed by atoms with Gasteiger partial charge >= 0.3 is 5.63 Å². The maximum Gasteiger partial charge on any atom is 0.341 e. The summed E-state index contributed by atoms with van der Waals surface area (Å²) >= 11 is 0. The van der Waals surface area contributed by atoms with Crippen molar-refractivity contribution >= 4 is 35.8 Å². The smallest absolute Gasteiger partial charge is 0.341 e. The van der Waals surface area contributed by atoms with Crippen LogP contribution in [0.4, 0.5) is 0 Å². The average molecular weight is 482 g/mol. The molecule has 4 heterocycles.